The number of hydrogen-bond donors (Lipinski definition) is 0. The first-order valence-electron chi connectivity index (χ1n) is 4.68. The Kier molecular flexibility index (Phi) is 4.36. The van der Waals surface area contributed by atoms with Gasteiger partial charge in [-0.3, -0.25) is 0 Å². The second-order valence-electron chi connectivity index (χ2n) is 3.44. The number of morpholine rings is 1. The van der Waals surface area contributed by atoms with Gasteiger partial charge in [0.1, 0.15) is 0 Å². The van der Waals surface area contributed by atoms with E-state index in [4.69, 9.17) is 4.74 Å². The number of rotatable bonds is 3. The highest BCUT2D eigenvalue weighted by molar-refractivity contribution is 9.09. The van der Waals surface area contributed by atoms with E-state index in [1.807, 2.05) is 6.92 Å². The summed E-state index contributed by atoms with van der Waals surface area (Å²) in [5, 5.41) is 0.674. The lowest BCUT2D eigenvalue weighted by Gasteiger charge is -2.35. The summed E-state index contributed by atoms with van der Waals surface area (Å²) >= 11 is 3.31. The second kappa shape index (κ2) is 4.92. The molecule has 1 rings (SSSR count). The van der Waals surface area contributed by atoms with E-state index in [1.54, 1.807) is 6.92 Å². The minimum Gasteiger partial charge on any atom is -0.372 e. The van der Waals surface area contributed by atoms with Crippen LogP contribution in [0.3, 0.4) is 0 Å². The highest BCUT2D eigenvalue weighted by Crippen LogP contribution is 2.16. The highest BCUT2D eigenvalue weighted by atomic mass is 79.9. The zero-order valence-corrected chi connectivity index (χ0v) is 10.8. The lowest BCUT2D eigenvalue weighted by molar-refractivity contribution is -0.0410. The van der Waals surface area contributed by atoms with E-state index in [-0.39, 0.29) is 18.0 Å². The van der Waals surface area contributed by atoms with Gasteiger partial charge in [0, 0.05) is 18.4 Å². The summed E-state index contributed by atoms with van der Waals surface area (Å²) in [7, 11) is -3.06. The summed E-state index contributed by atoms with van der Waals surface area (Å²) in [6.07, 6.45) is -0.0484. The Morgan fingerprint density at radius 1 is 1.50 bits per heavy atom. The molecule has 0 amide bonds. The molecular formula is C8H16BrNO3S. The zero-order chi connectivity index (χ0) is 10.8. The van der Waals surface area contributed by atoms with Crippen LogP contribution in [-0.4, -0.2) is 49.1 Å². The van der Waals surface area contributed by atoms with E-state index < -0.39 is 10.0 Å². The molecule has 0 N–H and O–H groups in total. The Hall–Kier alpha value is 0.350. The molecule has 0 spiro atoms. The van der Waals surface area contributed by atoms with E-state index in [0.717, 1.165) is 0 Å². The lowest BCUT2D eigenvalue weighted by Crippen LogP contribution is -2.50. The first kappa shape index (κ1) is 12.4. The molecule has 0 saturated carbocycles. The van der Waals surface area contributed by atoms with Gasteiger partial charge >= 0.3 is 0 Å². The molecule has 84 valence electrons. The molecule has 0 aromatic carbocycles. The summed E-state index contributed by atoms with van der Waals surface area (Å²) < 4.78 is 30.3. The lowest BCUT2D eigenvalue weighted by atomic mass is 10.3. The molecule has 1 aliphatic rings. The second-order valence-corrected chi connectivity index (χ2v) is 6.35. The van der Waals surface area contributed by atoms with E-state index >= 15 is 0 Å². The smallest absolute Gasteiger partial charge is 0.214 e. The minimum absolute atomic E-state index is 0.0207. The van der Waals surface area contributed by atoms with E-state index in [2.05, 4.69) is 15.9 Å². The van der Waals surface area contributed by atoms with Gasteiger partial charge in [-0.1, -0.05) is 15.9 Å². The predicted molar refractivity (Wildman–Crippen MR) is 59.2 cm³/mol. The number of sulfonamides is 1. The standard InChI is InChI=1S/C8H16BrNO3S/c1-3-14(11,12)10-5-7(2)13-8(4-9)6-10/h7-8H,3-6H2,1-2H3. The molecule has 4 nitrogen and oxygen atoms in total. The van der Waals surface area contributed by atoms with Crippen LogP contribution in [-0.2, 0) is 14.8 Å². The number of halogens is 1. The molecule has 1 heterocycles. The molecule has 6 heteroatoms. The van der Waals surface area contributed by atoms with Crippen LogP contribution in [0, 0.1) is 0 Å². The van der Waals surface area contributed by atoms with Crippen LogP contribution >= 0.6 is 15.9 Å². The van der Waals surface area contributed by atoms with Crippen molar-refractivity contribution < 1.29 is 13.2 Å². The Morgan fingerprint density at radius 3 is 2.64 bits per heavy atom. The van der Waals surface area contributed by atoms with Gasteiger partial charge in [0.05, 0.1) is 18.0 Å². The summed E-state index contributed by atoms with van der Waals surface area (Å²) in [5.41, 5.74) is 0. The van der Waals surface area contributed by atoms with Crippen LogP contribution in [0.15, 0.2) is 0 Å². The molecule has 0 aromatic rings. The Bertz CT molecular complexity index is 280. The van der Waals surface area contributed by atoms with Crippen molar-refractivity contribution in [1.29, 1.82) is 0 Å². The Balaban J connectivity index is 2.71. The van der Waals surface area contributed by atoms with Gasteiger partial charge in [0.2, 0.25) is 10.0 Å². The van der Waals surface area contributed by atoms with Crippen LogP contribution in [0.2, 0.25) is 0 Å². The van der Waals surface area contributed by atoms with Crippen LogP contribution < -0.4 is 0 Å². The number of alkyl halides is 1. The van der Waals surface area contributed by atoms with Crippen molar-refractivity contribution in [3.63, 3.8) is 0 Å². The molecule has 2 atom stereocenters. The molecule has 0 bridgehead atoms. The van der Waals surface area contributed by atoms with Crippen LogP contribution in [0.4, 0.5) is 0 Å². The fraction of sp³-hybridized carbons (Fsp3) is 1.00. The summed E-state index contributed by atoms with van der Waals surface area (Å²) in [6.45, 7) is 4.50. The molecule has 0 aromatic heterocycles. The molecule has 1 saturated heterocycles. The van der Waals surface area contributed by atoms with E-state index in [1.165, 1.54) is 4.31 Å². The van der Waals surface area contributed by atoms with Crippen molar-refractivity contribution in [2.75, 3.05) is 24.2 Å². The van der Waals surface area contributed by atoms with Gasteiger partial charge in [0.25, 0.3) is 0 Å². The van der Waals surface area contributed by atoms with Crippen molar-refractivity contribution in [1.82, 2.24) is 4.31 Å². The van der Waals surface area contributed by atoms with Gasteiger partial charge in [-0.2, -0.15) is 4.31 Å². The third-order valence-corrected chi connectivity index (χ3v) is 4.76. The SMILES string of the molecule is CCS(=O)(=O)N1CC(C)OC(CBr)C1. The largest absolute Gasteiger partial charge is 0.372 e. The monoisotopic (exact) mass is 285 g/mol. The van der Waals surface area contributed by atoms with E-state index in [9.17, 15) is 8.42 Å². The first-order valence-corrected chi connectivity index (χ1v) is 7.42. The molecule has 1 aliphatic heterocycles. The number of hydrogen-bond acceptors (Lipinski definition) is 3. The predicted octanol–water partition coefficient (Wildman–Crippen LogP) is 0.820. The third kappa shape index (κ3) is 2.92. The zero-order valence-electron chi connectivity index (χ0n) is 8.44. The molecule has 0 radical (unpaired) electrons. The average Bonchev–Trinajstić information content (AvgIpc) is 2.16. The van der Waals surface area contributed by atoms with Crippen LogP contribution in [0.1, 0.15) is 13.8 Å². The summed E-state index contributed by atoms with van der Waals surface area (Å²) in [4.78, 5) is 0. The summed E-state index contributed by atoms with van der Waals surface area (Å²) in [6, 6.07) is 0. The van der Waals surface area contributed by atoms with Gasteiger partial charge < -0.3 is 4.74 Å². The molecular weight excluding hydrogens is 270 g/mol. The first-order chi connectivity index (χ1) is 6.49. The topological polar surface area (TPSA) is 46.6 Å². The van der Waals surface area contributed by atoms with Crippen LogP contribution in [0.5, 0.6) is 0 Å². The van der Waals surface area contributed by atoms with Crippen molar-refractivity contribution in [2.45, 2.75) is 26.1 Å². The maximum absolute atomic E-state index is 11.6. The maximum Gasteiger partial charge on any atom is 0.214 e. The van der Waals surface area contributed by atoms with E-state index in [0.29, 0.717) is 18.4 Å². The van der Waals surface area contributed by atoms with Gasteiger partial charge in [-0.25, -0.2) is 8.42 Å². The quantitative estimate of drug-likeness (QED) is 0.722. The van der Waals surface area contributed by atoms with Crippen molar-refractivity contribution in [2.24, 2.45) is 0 Å². The number of nitrogens with zero attached hydrogens (tertiary/aromatic N) is 1. The van der Waals surface area contributed by atoms with Crippen molar-refractivity contribution in [3.8, 4) is 0 Å². The summed E-state index contributed by atoms with van der Waals surface area (Å²) in [5.74, 6) is 0.161. The molecule has 14 heavy (non-hydrogen) atoms. The molecule has 0 aliphatic carbocycles. The average molecular weight is 286 g/mol. The fourth-order valence-electron chi connectivity index (χ4n) is 1.50. The highest BCUT2D eigenvalue weighted by Gasteiger charge is 2.31. The minimum atomic E-state index is -3.06. The third-order valence-electron chi connectivity index (χ3n) is 2.22. The van der Waals surface area contributed by atoms with Gasteiger partial charge in [0.15, 0.2) is 0 Å². The van der Waals surface area contributed by atoms with Gasteiger partial charge in [-0.15, -0.1) is 0 Å². The van der Waals surface area contributed by atoms with Crippen molar-refractivity contribution >= 4 is 26.0 Å². The normalized spacial score (nSPS) is 30.5. The molecule has 2 unspecified atom stereocenters. The van der Waals surface area contributed by atoms with Crippen LogP contribution in [0.25, 0.3) is 0 Å². The number of ether oxygens (including phenoxy) is 1. The van der Waals surface area contributed by atoms with Gasteiger partial charge in [-0.05, 0) is 13.8 Å². The van der Waals surface area contributed by atoms with Crippen molar-refractivity contribution in [3.05, 3.63) is 0 Å². The maximum atomic E-state index is 11.6. The molecule has 1 fully saturated rings. The fourth-order valence-corrected chi connectivity index (χ4v) is 3.05. The Labute approximate surface area is 93.8 Å². The Morgan fingerprint density at radius 2 is 2.14 bits per heavy atom.